The fraction of sp³-hybridized carbons (Fsp3) is 0.111. The van der Waals surface area contributed by atoms with Crippen LogP contribution in [0, 0.1) is 5.82 Å². The van der Waals surface area contributed by atoms with Crippen molar-refractivity contribution >= 4 is 63.1 Å². The van der Waals surface area contributed by atoms with Gasteiger partial charge in [-0.1, -0.05) is 47.5 Å². The molecule has 0 radical (unpaired) electrons. The number of hydrogen-bond acceptors (Lipinski definition) is 5. The van der Waals surface area contributed by atoms with Crippen LogP contribution in [-0.2, 0) is 17.9 Å². The third kappa shape index (κ3) is 4.35. The Bertz CT molecular complexity index is 1610. The molecular weight excluding hydrogens is 538 g/mol. The average Bonchev–Trinajstić information content (AvgIpc) is 3.54. The lowest BCUT2D eigenvalue weighted by molar-refractivity contribution is -0.123. The molecule has 3 heterocycles. The Labute approximate surface area is 225 Å². The van der Waals surface area contributed by atoms with E-state index in [2.05, 4.69) is 0 Å². The molecule has 2 aliphatic heterocycles. The lowest BCUT2D eigenvalue weighted by Crippen LogP contribution is -2.27. The molecule has 0 aliphatic carbocycles. The fourth-order valence-corrected chi connectivity index (χ4v) is 5.67. The average molecular weight is 555 g/mol. The first-order valence-corrected chi connectivity index (χ1v) is 12.8. The summed E-state index contributed by atoms with van der Waals surface area (Å²) in [4.78, 5) is 27.5. The molecule has 186 valence electrons. The van der Waals surface area contributed by atoms with Crippen LogP contribution in [0.3, 0.4) is 0 Å². The number of amides is 2. The number of para-hydroxylation sites is 1. The molecule has 2 amide bonds. The lowest BCUT2D eigenvalue weighted by atomic mass is 10.1. The van der Waals surface area contributed by atoms with Crippen LogP contribution >= 0.6 is 35.0 Å². The van der Waals surface area contributed by atoms with Crippen LogP contribution in [-0.4, -0.2) is 27.4 Å². The van der Waals surface area contributed by atoms with E-state index in [9.17, 15) is 14.0 Å². The van der Waals surface area contributed by atoms with Crippen LogP contribution in [0.2, 0.25) is 10.0 Å². The highest BCUT2D eigenvalue weighted by Crippen LogP contribution is 2.40. The van der Waals surface area contributed by atoms with Crippen LogP contribution < -0.4 is 9.47 Å². The number of benzene rings is 3. The molecule has 0 atom stereocenters. The third-order valence-electron chi connectivity index (χ3n) is 6.24. The first kappa shape index (κ1) is 23.9. The molecule has 0 unspecified atom stereocenters. The maximum absolute atomic E-state index is 14.5. The Kier molecular flexibility index (Phi) is 6.10. The van der Waals surface area contributed by atoms with Crippen molar-refractivity contribution in [2.75, 3.05) is 6.79 Å². The van der Waals surface area contributed by atoms with Gasteiger partial charge in [0.2, 0.25) is 6.79 Å². The fourth-order valence-electron chi connectivity index (χ4n) is 4.40. The van der Waals surface area contributed by atoms with E-state index in [0.29, 0.717) is 32.7 Å². The molecule has 6 rings (SSSR count). The van der Waals surface area contributed by atoms with Gasteiger partial charge in [0.15, 0.2) is 11.5 Å². The number of carbonyl (C=O) groups excluding carboxylic acids is 2. The molecule has 1 aromatic heterocycles. The molecule has 4 aromatic rings. The number of aromatic nitrogens is 1. The van der Waals surface area contributed by atoms with Crippen LogP contribution in [0.5, 0.6) is 11.5 Å². The Morgan fingerprint density at radius 3 is 2.57 bits per heavy atom. The van der Waals surface area contributed by atoms with Crippen molar-refractivity contribution in [1.29, 1.82) is 0 Å². The van der Waals surface area contributed by atoms with Gasteiger partial charge >= 0.3 is 0 Å². The second kappa shape index (κ2) is 9.45. The number of hydrogen-bond donors (Lipinski definition) is 0. The van der Waals surface area contributed by atoms with E-state index in [1.807, 2.05) is 35.0 Å². The number of halogens is 3. The van der Waals surface area contributed by atoms with Crippen molar-refractivity contribution in [2.24, 2.45) is 0 Å². The summed E-state index contributed by atoms with van der Waals surface area (Å²) in [7, 11) is 0. The van der Waals surface area contributed by atoms with Gasteiger partial charge in [-0.3, -0.25) is 14.5 Å². The quantitative estimate of drug-likeness (QED) is 0.246. The SMILES string of the molecule is O=C1S/C(=C\c2cn(Cc3c(F)cccc3Cl)c3ccccc23)C(=O)N1Cc1cc2c(cc1Cl)OCO2. The number of thioether (sulfide) groups is 1. The number of ether oxygens (including phenoxy) is 2. The van der Waals surface area contributed by atoms with Gasteiger partial charge in [0, 0.05) is 44.3 Å². The van der Waals surface area contributed by atoms with Gasteiger partial charge in [-0.25, -0.2) is 4.39 Å². The molecule has 0 bridgehead atoms. The van der Waals surface area contributed by atoms with Gasteiger partial charge in [0.05, 0.1) is 18.0 Å². The maximum atomic E-state index is 14.5. The van der Waals surface area contributed by atoms with Gasteiger partial charge in [0.25, 0.3) is 11.1 Å². The van der Waals surface area contributed by atoms with E-state index in [0.717, 1.165) is 33.1 Å². The Morgan fingerprint density at radius 1 is 0.973 bits per heavy atom. The first-order valence-electron chi connectivity index (χ1n) is 11.2. The zero-order valence-corrected chi connectivity index (χ0v) is 21.4. The Balaban J connectivity index is 1.32. The van der Waals surface area contributed by atoms with Crippen molar-refractivity contribution in [3.05, 3.63) is 98.3 Å². The van der Waals surface area contributed by atoms with Crippen molar-refractivity contribution < 1.29 is 23.5 Å². The minimum absolute atomic E-state index is 0.00498. The molecule has 6 nitrogen and oxygen atoms in total. The highest BCUT2D eigenvalue weighted by molar-refractivity contribution is 8.18. The highest BCUT2D eigenvalue weighted by Gasteiger charge is 2.36. The molecular formula is C27H17Cl2FN2O4S. The Hall–Kier alpha value is -3.46. The third-order valence-corrected chi connectivity index (χ3v) is 7.85. The highest BCUT2D eigenvalue weighted by atomic mass is 35.5. The van der Waals surface area contributed by atoms with E-state index in [-0.39, 0.29) is 24.8 Å². The first-order chi connectivity index (χ1) is 17.9. The zero-order chi connectivity index (χ0) is 25.7. The summed E-state index contributed by atoms with van der Waals surface area (Å²) in [5.74, 6) is 0.230. The van der Waals surface area contributed by atoms with Crippen molar-refractivity contribution in [2.45, 2.75) is 13.1 Å². The monoisotopic (exact) mass is 554 g/mol. The predicted molar refractivity (Wildman–Crippen MR) is 142 cm³/mol. The number of imide groups is 1. The number of carbonyl (C=O) groups is 2. The summed E-state index contributed by atoms with van der Waals surface area (Å²) in [6.45, 7) is 0.311. The van der Waals surface area contributed by atoms with E-state index in [1.165, 1.54) is 6.07 Å². The molecule has 1 saturated heterocycles. The molecule has 1 fully saturated rings. The smallest absolute Gasteiger partial charge is 0.293 e. The van der Waals surface area contributed by atoms with Crippen molar-refractivity contribution in [3.63, 3.8) is 0 Å². The molecule has 3 aromatic carbocycles. The maximum Gasteiger partial charge on any atom is 0.293 e. The summed E-state index contributed by atoms with van der Waals surface area (Å²) in [5, 5.41) is 1.18. The number of fused-ring (bicyclic) bond motifs is 2. The second-order valence-corrected chi connectivity index (χ2v) is 10.3. The standard InChI is InChI=1S/C27H17Cl2FN2O4S/c28-19-5-3-6-21(30)18(19)13-31-11-15(17-4-1-2-7-22(17)31)9-25-26(33)32(27(34)37-25)12-16-8-23-24(10-20(16)29)36-14-35-23/h1-11H,12-14H2/b25-9-. The minimum atomic E-state index is -0.419. The largest absolute Gasteiger partial charge is 0.454 e. The van der Waals surface area contributed by atoms with Crippen LogP contribution in [0.25, 0.3) is 17.0 Å². The Morgan fingerprint density at radius 2 is 1.76 bits per heavy atom. The molecule has 10 heteroatoms. The summed E-state index contributed by atoms with van der Waals surface area (Å²) in [6.07, 6.45) is 3.52. The summed E-state index contributed by atoms with van der Waals surface area (Å²) < 4.78 is 27.1. The van der Waals surface area contributed by atoms with E-state index < -0.39 is 17.0 Å². The molecule has 37 heavy (non-hydrogen) atoms. The summed E-state index contributed by atoms with van der Waals surface area (Å²) >= 11 is 13.5. The van der Waals surface area contributed by atoms with Crippen molar-refractivity contribution in [3.8, 4) is 11.5 Å². The summed E-state index contributed by atoms with van der Waals surface area (Å²) in [5.41, 5.74) is 2.53. The van der Waals surface area contributed by atoms with Crippen LogP contribution in [0.1, 0.15) is 16.7 Å². The van der Waals surface area contributed by atoms with Gasteiger partial charge in [-0.2, -0.15) is 0 Å². The molecule has 0 N–H and O–H groups in total. The number of rotatable bonds is 5. The minimum Gasteiger partial charge on any atom is -0.454 e. The summed E-state index contributed by atoms with van der Waals surface area (Å²) in [6, 6.07) is 15.5. The normalized spacial score (nSPS) is 16.0. The van der Waals surface area contributed by atoms with Crippen molar-refractivity contribution in [1.82, 2.24) is 9.47 Å². The topological polar surface area (TPSA) is 60.8 Å². The van der Waals surface area contributed by atoms with Crippen LogP contribution in [0.15, 0.2) is 65.7 Å². The van der Waals surface area contributed by atoms with Gasteiger partial charge < -0.3 is 14.0 Å². The van der Waals surface area contributed by atoms with E-state index in [4.69, 9.17) is 32.7 Å². The van der Waals surface area contributed by atoms with Gasteiger partial charge in [-0.05, 0) is 47.7 Å². The second-order valence-electron chi connectivity index (χ2n) is 8.49. The molecule has 0 spiro atoms. The zero-order valence-electron chi connectivity index (χ0n) is 19.0. The predicted octanol–water partition coefficient (Wildman–Crippen LogP) is 7.10. The van der Waals surface area contributed by atoms with Crippen LogP contribution in [0.4, 0.5) is 9.18 Å². The van der Waals surface area contributed by atoms with Gasteiger partial charge in [-0.15, -0.1) is 0 Å². The number of nitrogens with zero attached hydrogens (tertiary/aromatic N) is 2. The lowest BCUT2D eigenvalue weighted by Gasteiger charge is -2.14. The van der Waals surface area contributed by atoms with E-state index >= 15 is 0 Å². The molecule has 2 aliphatic rings. The van der Waals surface area contributed by atoms with E-state index in [1.54, 1.807) is 30.3 Å². The molecule has 0 saturated carbocycles. The van der Waals surface area contributed by atoms with Gasteiger partial charge in [0.1, 0.15) is 5.82 Å².